The summed E-state index contributed by atoms with van der Waals surface area (Å²) < 4.78 is 122. The van der Waals surface area contributed by atoms with Crippen molar-refractivity contribution in [3.05, 3.63) is 29.3 Å². The molecule has 0 aromatic heterocycles. The Hall–Kier alpha value is -2.11. The summed E-state index contributed by atoms with van der Waals surface area (Å²) in [5.41, 5.74) is 0. The molecule has 0 aliphatic carbocycles. The molecule has 0 saturated heterocycles. The number of carbonyl (C=O) groups excluding carboxylic acids is 1. The molecular weight excluding hydrogens is 712 g/mol. The molecule has 1 rings (SSSR count). The third kappa shape index (κ3) is 28.4. The Balaban J connectivity index is 1.70. The number of carbonyl (C=O) groups is 1. The highest BCUT2D eigenvalue weighted by Gasteiger charge is 2.22. The van der Waals surface area contributed by atoms with Crippen molar-refractivity contribution in [3.8, 4) is 5.75 Å². The van der Waals surface area contributed by atoms with Crippen LogP contribution in [0.5, 0.6) is 5.75 Å². The van der Waals surface area contributed by atoms with Gasteiger partial charge in [0.05, 0.1) is 172 Å². The third-order valence-electron chi connectivity index (χ3n) is 6.07. The largest absolute Gasteiger partial charge is 0.420 e. The Kier molecular flexibility index (Phi) is 33.1. The first-order valence-electron chi connectivity index (χ1n) is 17.0. The van der Waals surface area contributed by atoms with Gasteiger partial charge in [0.15, 0.2) is 11.6 Å². The molecule has 1 aromatic rings. The van der Waals surface area contributed by atoms with E-state index in [1.165, 1.54) is 0 Å². The van der Waals surface area contributed by atoms with Crippen molar-refractivity contribution >= 4 is 5.97 Å². The van der Waals surface area contributed by atoms with Gasteiger partial charge in [-0.1, -0.05) is 0 Å². The van der Waals surface area contributed by atoms with Gasteiger partial charge in [-0.2, -0.15) is 8.78 Å². The highest BCUT2D eigenvalue weighted by atomic mass is 19.2. The van der Waals surface area contributed by atoms with Crippen molar-refractivity contribution in [1.29, 1.82) is 0 Å². The van der Waals surface area contributed by atoms with Crippen LogP contribution in [0.4, 0.5) is 17.6 Å². The molecule has 15 nitrogen and oxygen atoms in total. The smallest absolute Gasteiger partial charge is 0.313 e. The van der Waals surface area contributed by atoms with E-state index >= 15 is 0 Å². The number of hydrogen-bond donors (Lipinski definition) is 1. The van der Waals surface area contributed by atoms with Crippen LogP contribution in [0.3, 0.4) is 0 Å². The molecule has 1 aromatic carbocycles. The van der Waals surface area contributed by atoms with Gasteiger partial charge in [-0.15, -0.1) is 0 Å². The third-order valence-corrected chi connectivity index (χ3v) is 6.07. The summed E-state index contributed by atoms with van der Waals surface area (Å²) in [6, 6.07) is 0.0166. The average molecular weight is 767 g/mol. The predicted octanol–water partition coefficient (Wildman–Crippen LogP) is 1.73. The highest BCUT2D eigenvalue weighted by molar-refractivity contribution is 5.72. The van der Waals surface area contributed by atoms with Gasteiger partial charge in [-0.05, 0) is 0 Å². The maximum absolute atomic E-state index is 13.5. The summed E-state index contributed by atoms with van der Waals surface area (Å²) >= 11 is 0. The van der Waals surface area contributed by atoms with Crippen LogP contribution in [0, 0.1) is 23.3 Å². The lowest BCUT2D eigenvalue weighted by Gasteiger charge is -2.09. The lowest BCUT2D eigenvalue weighted by Crippen LogP contribution is -2.16. The molecule has 0 atom stereocenters. The summed E-state index contributed by atoms with van der Waals surface area (Å²) in [6.45, 7) is 9.21. The van der Waals surface area contributed by atoms with Crippen LogP contribution in [0.25, 0.3) is 0 Å². The molecule has 0 radical (unpaired) electrons. The van der Waals surface area contributed by atoms with Crippen molar-refractivity contribution in [3.63, 3.8) is 0 Å². The van der Waals surface area contributed by atoms with Crippen LogP contribution < -0.4 is 4.74 Å². The molecule has 0 amide bonds. The quantitative estimate of drug-likeness (QED) is 0.0340. The van der Waals surface area contributed by atoms with Gasteiger partial charge in [-0.3, -0.25) is 4.79 Å². The van der Waals surface area contributed by atoms with E-state index in [1.807, 2.05) is 0 Å². The second-order valence-corrected chi connectivity index (χ2v) is 10.1. The fourth-order valence-corrected chi connectivity index (χ4v) is 3.55. The van der Waals surface area contributed by atoms with Gasteiger partial charge in [0, 0.05) is 6.07 Å². The van der Waals surface area contributed by atoms with E-state index < -0.39 is 41.4 Å². The number of aliphatic hydroxyl groups excluding tert-OH is 1. The van der Waals surface area contributed by atoms with E-state index in [9.17, 15) is 22.4 Å². The molecule has 52 heavy (non-hydrogen) atoms. The van der Waals surface area contributed by atoms with Crippen LogP contribution in [0.1, 0.15) is 6.42 Å². The number of ether oxygens (including phenoxy) is 13. The fraction of sp³-hybridized carbons (Fsp3) is 0.788. The predicted molar refractivity (Wildman–Crippen MR) is 173 cm³/mol. The molecule has 0 unspecified atom stereocenters. The van der Waals surface area contributed by atoms with Crippen LogP contribution in [0.15, 0.2) is 6.07 Å². The Morgan fingerprint density at radius 1 is 0.404 bits per heavy atom. The second kappa shape index (κ2) is 35.9. The normalized spacial score (nSPS) is 11.5. The molecule has 0 heterocycles. The van der Waals surface area contributed by atoms with Gasteiger partial charge in [0.1, 0.15) is 0 Å². The maximum Gasteiger partial charge on any atom is 0.313 e. The first-order chi connectivity index (χ1) is 25.5. The lowest BCUT2D eigenvalue weighted by atomic mass is 10.3. The van der Waals surface area contributed by atoms with Gasteiger partial charge in [0.25, 0.3) is 0 Å². The topological polar surface area (TPSA) is 157 Å². The Labute approximate surface area is 301 Å². The van der Waals surface area contributed by atoms with Gasteiger partial charge < -0.3 is 66.7 Å². The molecular formula is C33H54F4O15. The summed E-state index contributed by atoms with van der Waals surface area (Å²) in [5.74, 6) is -9.49. The first kappa shape index (κ1) is 47.9. The number of hydrogen-bond acceptors (Lipinski definition) is 15. The van der Waals surface area contributed by atoms with E-state index in [1.54, 1.807) is 0 Å². The molecule has 0 aliphatic heterocycles. The monoisotopic (exact) mass is 766 g/mol. The zero-order valence-electron chi connectivity index (χ0n) is 29.6. The molecule has 1 N–H and O–H groups in total. The van der Waals surface area contributed by atoms with Crippen molar-refractivity contribution in [2.45, 2.75) is 6.42 Å². The number of halogens is 4. The Morgan fingerprint density at radius 2 is 0.635 bits per heavy atom. The van der Waals surface area contributed by atoms with Crippen LogP contribution in [0.2, 0.25) is 0 Å². The first-order valence-corrected chi connectivity index (χ1v) is 17.0. The molecule has 0 saturated carbocycles. The van der Waals surface area contributed by atoms with E-state index in [2.05, 4.69) is 4.74 Å². The number of rotatable bonds is 39. The number of benzene rings is 1. The minimum atomic E-state index is -1.80. The zero-order valence-corrected chi connectivity index (χ0v) is 29.6. The average Bonchev–Trinajstić information content (AvgIpc) is 3.13. The van der Waals surface area contributed by atoms with E-state index in [0.717, 1.165) is 0 Å². The zero-order chi connectivity index (χ0) is 37.7. The Morgan fingerprint density at radius 3 is 0.885 bits per heavy atom. The van der Waals surface area contributed by atoms with Crippen LogP contribution >= 0.6 is 0 Å². The molecule has 0 spiro atoms. The summed E-state index contributed by atoms with van der Waals surface area (Å²) in [6.07, 6.45) is -0.395. The molecule has 19 heteroatoms. The SMILES string of the molecule is O=C(CCOCCOCCOCCOCCOCCOCCOCCOCCOCCOCCOCCOCCO)Oc1c(F)c(F)cc(F)c1F. The van der Waals surface area contributed by atoms with E-state index in [-0.39, 0.29) is 32.5 Å². The molecule has 304 valence electrons. The standard InChI is InChI=1S/C33H54F4O15/c34-28-27-29(35)32(37)33(31(28)36)52-30(39)1-3-40-5-7-42-9-11-44-13-15-46-17-19-48-21-23-50-25-26-51-24-22-49-20-18-47-16-14-45-12-10-43-8-6-41-4-2-38/h27,38H,1-26H2. The van der Waals surface area contributed by atoms with Crippen LogP contribution in [-0.4, -0.2) is 176 Å². The van der Waals surface area contributed by atoms with E-state index in [4.69, 9.17) is 61.9 Å². The molecule has 0 aliphatic rings. The van der Waals surface area contributed by atoms with Crippen molar-refractivity contribution in [1.82, 2.24) is 0 Å². The summed E-state index contributed by atoms with van der Waals surface area (Å²) in [5, 5.41) is 8.58. The highest BCUT2D eigenvalue weighted by Crippen LogP contribution is 2.26. The van der Waals surface area contributed by atoms with Crippen molar-refractivity contribution in [2.75, 3.05) is 165 Å². The minimum Gasteiger partial charge on any atom is -0.420 e. The number of aliphatic hydroxyl groups is 1. The van der Waals surface area contributed by atoms with Gasteiger partial charge in [0.2, 0.25) is 17.4 Å². The molecule has 0 fully saturated rings. The van der Waals surface area contributed by atoms with Crippen LogP contribution in [-0.2, 0) is 61.6 Å². The minimum absolute atomic E-state index is 0.00796. The Bertz CT molecular complexity index is 958. The maximum atomic E-state index is 13.5. The van der Waals surface area contributed by atoms with Crippen molar-refractivity contribution < 1.29 is 89.0 Å². The van der Waals surface area contributed by atoms with Gasteiger partial charge in [-0.25, -0.2) is 8.78 Å². The lowest BCUT2D eigenvalue weighted by molar-refractivity contribution is -0.136. The molecule has 0 bridgehead atoms. The van der Waals surface area contributed by atoms with E-state index in [0.29, 0.717) is 139 Å². The van der Waals surface area contributed by atoms with Crippen molar-refractivity contribution in [2.24, 2.45) is 0 Å². The second-order valence-electron chi connectivity index (χ2n) is 10.1. The summed E-state index contributed by atoms with van der Waals surface area (Å²) in [7, 11) is 0. The number of esters is 1. The fourth-order valence-electron chi connectivity index (χ4n) is 3.55. The van der Waals surface area contributed by atoms with Gasteiger partial charge >= 0.3 is 5.97 Å². The summed E-state index contributed by atoms with van der Waals surface area (Å²) in [4.78, 5) is 11.7.